The van der Waals surface area contributed by atoms with Gasteiger partial charge < -0.3 is 52.8 Å². The lowest BCUT2D eigenvalue weighted by Gasteiger charge is -2.46. The average molecular weight is 851 g/mol. The molecule has 5 rings (SSSR count). The molecule has 4 fully saturated rings. The first kappa shape index (κ1) is 48.1. The van der Waals surface area contributed by atoms with Crippen LogP contribution in [0.15, 0.2) is 24.3 Å². The first-order valence-corrected chi connectivity index (χ1v) is 22.4. The lowest BCUT2D eigenvalue weighted by Crippen LogP contribution is -2.61. The number of hydrogen-bond donors (Lipinski definition) is 2. The molecule has 0 aromatic rings. The summed E-state index contributed by atoms with van der Waals surface area (Å²) in [5, 5.41) is 23.4. The van der Waals surface area contributed by atoms with Crippen LogP contribution in [0.25, 0.3) is 0 Å². The van der Waals surface area contributed by atoms with Gasteiger partial charge in [-0.05, 0) is 57.3 Å². The van der Waals surface area contributed by atoms with Crippen LogP contribution in [0.1, 0.15) is 131 Å². The summed E-state index contributed by atoms with van der Waals surface area (Å²) in [6.45, 7) is 11.5. The van der Waals surface area contributed by atoms with E-state index in [2.05, 4.69) is 26.0 Å². The predicted octanol–water partition coefficient (Wildman–Crippen LogP) is 5.34. The van der Waals surface area contributed by atoms with Gasteiger partial charge in [0.2, 0.25) is 5.60 Å². The highest BCUT2D eigenvalue weighted by Gasteiger charge is 2.57. The molecular weight excluding hydrogens is 780 g/mol. The number of carbonyl (C=O) groups is 4. The van der Waals surface area contributed by atoms with E-state index in [0.717, 1.165) is 0 Å². The topological polar surface area (TPSA) is 192 Å². The Labute approximate surface area is 355 Å². The molecule has 5 heterocycles. The average Bonchev–Trinajstić information content (AvgIpc) is 3.69. The third-order valence-electron chi connectivity index (χ3n) is 12.3. The third-order valence-corrected chi connectivity index (χ3v) is 12.3. The molecule has 340 valence electrons. The van der Waals surface area contributed by atoms with Crippen LogP contribution < -0.4 is 0 Å². The molecule has 0 aliphatic carbocycles. The summed E-state index contributed by atoms with van der Waals surface area (Å²) in [5.74, 6) is -2.13. The number of carbonyl (C=O) groups excluding carboxylic acids is 4. The largest absolute Gasteiger partial charge is 0.460 e. The van der Waals surface area contributed by atoms with Gasteiger partial charge in [-0.15, -0.1) is 0 Å². The summed E-state index contributed by atoms with van der Waals surface area (Å²) in [6, 6.07) is 0. The molecule has 0 spiro atoms. The lowest BCUT2D eigenvalue weighted by atomic mass is 9.85. The van der Waals surface area contributed by atoms with Crippen LogP contribution in [0.5, 0.6) is 0 Å². The smallest absolute Gasteiger partial charge is 0.342 e. The Balaban J connectivity index is 1.43. The zero-order valence-corrected chi connectivity index (χ0v) is 36.6. The molecule has 0 amide bonds. The van der Waals surface area contributed by atoms with E-state index in [1.807, 2.05) is 32.9 Å². The van der Waals surface area contributed by atoms with E-state index in [1.165, 1.54) is 7.11 Å². The van der Waals surface area contributed by atoms with Gasteiger partial charge in [0.05, 0.1) is 42.7 Å². The van der Waals surface area contributed by atoms with Crippen molar-refractivity contribution < 1.29 is 72.0 Å². The lowest BCUT2D eigenvalue weighted by molar-refractivity contribution is -0.319. The Morgan fingerprint density at radius 3 is 2.03 bits per heavy atom. The van der Waals surface area contributed by atoms with Crippen LogP contribution in [0.2, 0.25) is 0 Å². The molecule has 6 bridgehead atoms. The number of rotatable bonds is 12. The van der Waals surface area contributed by atoms with Crippen LogP contribution in [0.3, 0.4) is 0 Å². The van der Waals surface area contributed by atoms with Crippen LogP contribution in [-0.4, -0.2) is 126 Å². The van der Waals surface area contributed by atoms with Crippen molar-refractivity contribution in [3.63, 3.8) is 0 Å². The molecule has 15 nitrogen and oxygen atoms in total. The molecule has 5 aliphatic heterocycles. The number of fused-ring (bicyclic) bond motifs is 6. The second kappa shape index (κ2) is 22.4. The molecule has 0 aromatic heterocycles. The zero-order valence-electron chi connectivity index (χ0n) is 36.6. The quantitative estimate of drug-likeness (QED) is 0.189. The third kappa shape index (κ3) is 12.6. The number of esters is 4. The maximum atomic E-state index is 13.6. The summed E-state index contributed by atoms with van der Waals surface area (Å²) < 4.78 is 55.3. The molecule has 4 saturated heterocycles. The summed E-state index contributed by atoms with van der Waals surface area (Å²) in [6.07, 6.45) is 2.76. The van der Waals surface area contributed by atoms with E-state index in [4.69, 9.17) is 42.6 Å². The minimum Gasteiger partial charge on any atom is -0.460 e. The highest BCUT2D eigenvalue weighted by atomic mass is 16.7. The van der Waals surface area contributed by atoms with Crippen molar-refractivity contribution in [2.75, 3.05) is 7.11 Å². The van der Waals surface area contributed by atoms with E-state index in [0.29, 0.717) is 44.9 Å². The Morgan fingerprint density at radius 1 is 0.750 bits per heavy atom. The normalized spacial score (nSPS) is 40.0. The molecule has 0 saturated carbocycles. The zero-order chi connectivity index (χ0) is 43.6. The highest BCUT2D eigenvalue weighted by molar-refractivity contribution is 5.83. The van der Waals surface area contributed by atoms with Crippen molar-refractivity contribution in [3.8, 4) is 0 Å². The van der Waals surface area contributed by atoms with Gasteiger partial charge in [-0.25, -0.2) is 4.79 Å². The number of ether oxygens (including phenoxy) is 9. The molecule has 5 aliphatic rings. The summed E-state index contributed by atoms with van der Waals surface area (Å²) in [7, 11) is 1.45. The second-order valence-electron chi connectivity index (χ2n) is 17.5. The molecule has 2 N–H and O–H groups in total. The molecule has 60 heavy (non-hydrogen) atoms. The fourth-order valence-corrected chi connectivity index (χ4v) is 9.18. The summed E-state index contributed by atoms with van der Waals surface area (Å²) in [5.41, 5.74) is -2.20. The van der Waals surface area contributed by atoms with Crippen molar-refractivity contribution in [1.29, 1.82) is 0 Å². The van der Waals surface area contributed by atoms with Crippen molar-refractivity contribution in [3.05, 3.63) is 24.3 Å². The van der Waals surface area contributed by atoms with Gasteiger partial charge in [0.25, 0.3) is 0 Å². The second-order valence-corrected chi connectivity index (χ2v) is 17.5. The Morgan fingerprint density at radius 2 is 1.38 bits per heavy atom. The standard InChI is InChI=1S/C45H70O15/c1-8-14-37(47)58-36-24-31-22-30(55-43-42(52-7)41(60-39(49)16-10-3)40(28(6)53-43)59-38(48)15-9-2)21-29(54-31)19-26(4)17-12-11-13-18-34-27(5)20-35(57-34)33(46)23-32-25-45(36,51)44(50)56-32/h11-13,17,26-36,40-43,46,51H,8-10,14-16,18-25H2,1-7H3. The van der Waals surface area contributed by atoms with E-state index in [9.17, 15) is 29.4 Å². The maximum Gasteiger partial charge on any atom is 0.342 e. The monoisotopic (exact) mass is 850 g/mol. The maximum absolute atomic E-state index is 13.6. The van der Waals surface area contributed by atoms with E-state index < -0.39 is 96.8 Å². The minimum atomic E-state index is -2.20. The Kier molecular flexibility index (Phi) is 18.0. The predicted molar refractivity (Wildman–Crippen MR) is 216 cm³/mol. The molecule has 16 atom stereocenters. The van der Waals surface area contributed by atoms with Crippen molar-refractivity contribution in [2.24, 2.45) is 11.8 Å². The molecule has 0 radical (unpaired) electrons. The van der Waals surface area contributed by atoms with Gasteiger partial charge in [-0.3, -0.25) is 14.4 Å². The fraction of sp³-hybridized carbons (Fsp3) is 0.822. The first-order chi connectivity index (χ1) is 28.7. The van der Waals surface area contributed by atoms with Gasteiger partial charge in [-0.2, -0.15) is 0 Å². The van der Waals surface area contributed by atoms with Gasteiger partial charge in [0.1, 0.15) is 18.3 Å². The fourth-order valence-electron chi connectivity index (χ4n) is 9.18. The number of hydrogen-bond acceptors (Lipinski definition) is 15. The van der Waals surface area contributed by atoms with Crippen LogP contribution in [-0.2, 0) is 61.8 Å². The van der Waals surface area contributed by atoms with Gasteiger partial charge in [-0.1, -0.05) is 58.9 Å². The number of methoxy groups -OCH3 is 1. The van der Waals surface area contributed by atoms with Crippen LogP contribution in [0.4, 0.5) is 0 Å². The van der Waals surface area contributed by atoms with Gasteiger partial charge in [0.15, 0.2) is 18.5 Å². The van der Waals surface area contributed by atoms with Crippen LogP contribution >= 0.6 is 0 Å². The molecular formula is C45H70O15. The molecule has 15 heteroatoms. The van der Waals surface area contributed by atoms with Gasteiger partial charge >= 0.3 is 23.9 Å². The van der Waals surface area contributed by atoms with Crippen molar-refractivity contribution in [1.82, 2.24) is 0 Å². The van der Waals surface area contributed by atoms with E-state index in [1.54, 1.807) is 6.92 Å². The summed E-state index contributed by atoms with van der Waals surface area (Å²) >= 11 is 0. The Bertz CT molecular complexity index is 1480. The highest BCUT2D eigenvalue weighted by Crippen LogP contribution is 2.40. The number of allylic oxidation sites excluding steroid dienone is 3. The summed E-state index contributed by atoms with van der Waals surface area (Å²) in [4.78, 5) is 52.3. The van der Waals surface area contributed by atoms with Crippen LogP contribution in [0, 0.1) is 11.8 Å². The number of aliphatic hydroxyl groups excluding tert-OH is 1. The SMILES string of the molecule is CCCC(=O)OC1C(C)OC(OC2CC3CC(C)C=CC=CCC4OC(CC4C)C(O)CC4CC(O)(C(=O)O4)C(OC(=O)CCC)CC(C2)O3)C(OC)C1OC(=O)CCC. The van der Waals surface area contributed by atoms with Crippen molar-refractivity contribution >= 4 is 23.9 Å². The van der Waals surface area contributed by atoms with Gasteiger partial charge in [0, 0.05) is 58.5 Å². The number of aliphatic hydroxyl groups is 2. The first-order valence-electron chi connectivity index (χ1n) is 22.4. The minimum absolute atomic E-state index is 0.0487. The molecule has 16 unspecified atom stereocenters. The van der Waals surface area contributed by atoms with Crippen molar-refractivity contribution in [2.45, 2.75) is 217 Å². The van der Waals surface area contributed by atoms with E-state index >= 15 is 0 Å². The van der Waals surface area contributed by atoms with E-state index in [-0.39, 0.29) is 69.0 Å². The molecule has 0 aromatic carbocycles. The Hall–Kier alpha value is -2.92.